The van der Waals surface area contributed by atoms with Gasteiger partial charge < -0.3 is 19.9 Å². The first-order valence-electron chi connectivity index (χ1n) is 8.86. The highest BCUT2D eigenvalue weighted by Crippen LogP contribution is 2.24. The molecule has 1 heterocycles. The maximum absolute atomic E-state index is 13.0. The predicted molar refractivity (Wildman–Crippen MR) is 89.7 cm³/mol. The molecule has 1 saturated carbocycles. The van der Waals surface area contributed by atoms with Gasteiger partial charge in [-0.25, -0.2) is 4.39 Å². The molecule has 3 rings (SSSR count). The summed E-state index contributed by atoms with van der Waals surface area (Å²) in [7, 11) is 0. The molecule has 1 aromatic carbocycles. The smallest absolute Gasteiger partial charge is 0.126 e. The normalized spacial score (nSPS) is 28.7. The number of nitrogens with zero attached hydrogens (tertiary/aromatic N) is 1. The lowest BCUT2D eigenvalue weighted by atomic mass is 9.90. The number of hydrogen-bond donors (Lipinski definition) is 2. The molecule has 0 spiro atoms. The van der Waals surface area contributed by atoms with Crippen molar-refractivity contribution in [2.75, 3.05) is 39.4 Å². The van der Waals surface area contributed by atoms with Crippen molar-refractivity contribution in [3.05, 3.63) is 30.1 Å². The van der Waals surface area contributed by atoms with Gasteiger partial charge in [-0.3, -0.25) is 4.90 Å². The number of benzene rings is 1. The average Bonchev–Trinajstić information content (AvgIpc) is 2.61. The number of aliphatic hydroxyl groups is 1. The van der Waals surface area contributed by atoms with Crippen LogP contribution in [0.3, 0.4) is 0 Å². The summed E-state index contributed by atoms with van der Waals surface area (Å²) < 4.78 is 24.2. The van der Waals surface area contributed by atoms with E-state index in [1.165, 1.54) is 12.1 Å². The summed E-state index contributed by atoms with van der Waals surface area (Å²) in [6.45, 7) is 5.39. The van der Waals surface area contributed by atoms with Crippen LogP contribution in [-0.4, -0.2) is 67.6 Å². The molecule has 1 saturated heterocycles. The molecule has 0 amide bonds. The Bertz CT molecular complexity index is 494. The Morgan fingerprint density at radius 1 is 1.21 bits per heavy atom. The molecule has 2 fully saturated rings. The Morgan fingerprint density at radius 2 is 1.96 bits per heavy atom. The number of rotatable bonds is 6. The van der Waals surface area contributed by atoms with Crippen LogP contribution in [0.15, 0.2) is 24.3 Å². The van der Waals surface area contributed by atoms with Gasteiger partial charge in [0.2, 0.25) is 0 Å². The van der Waals surface area contributed by atoms with Crippen LogP contribution in [0.1, 0.15) is 19.3 Å². The zero-order valence-corrected chi connectivity index (χ0v) is 14.0. The lowest BCUT2D eigenvalue weighted by Gasteiger charge is -2.36. The van der Waals surface area contributed by atoms with Gasteiger partial charge in [0, 0.05) is 32.2 Å². The Kier molecular flexibility index (Phi) is 6.43. The van der Waals surface area contributed by atoms with Crippen LogP contribution in [0, 0.1) is 5.82 Å². The lowest BCUT2D eigenvalue weighted by Crippen LogP contribution is -2.52. The van der Waals surface area contributed by atoms with Gasteiger partial charge in [0.1, 0.15) is 23.8 Å². The predicted octanol–water partition coefficient (Wildman–Crippen LogP) is 1.41. The summed E-state index contributed by atoms with van der Waals surface area (Å²) >= 11 is 0. The summed E-state index contributed by atoms with van der Waals surface area (Å²) in [6.07, 6.45) is 1.99. The van der Waals surface area contributed by atoms with Gasteiger partial charge in [0.05, 0.1) is 13.2 Å². The molecule has 134 valence electrons. The molecular weight excluding hydrogens is 311 g/mol. The van der Waals surface area contributed by atoms with Crippen LogP contribution in [-0.2, 0) is 4.74 Å². The van der Waals surface area contributed by atoms with Crippen LogP contribution in [0.4, 0.5) is 4.39 Å². The van der Waals surface area contributed by atoms with Gasteiger partial charge in [-0.2, -0.15) is 0 Å². The summed E-state index contributed by atoms with van der Waals surface area (Å²) in [5.41, 5.74) is 0. The van der Waals surface area contributed by atoms with Crippen LogP contribution in [0.5, 0.6) is 5.75 Å². The van der Waals surface area contributed by atoms with E-state index >= 15 is 0 Å². The van der Waals surface area contributed by atoms with Crippen LogP contribution >= 0.6 is 0 Å². The topological polar surface area (TPSA) is 54.0 Å². The van der Waals surface area contributed by atoms with Crippen molar-refractivity contribution in [3.63, 3.8) is 0 Å². The summed E-state index contributed by atoms with van der Waals surface area (Å²) in [5.74, 6) is 0.323. The Labute approximate surface area is 142 Å². The third kappa shape index (κ3) is 4.89. The second-order valence-corrected chi connectivity index (χ2v) is 6.55. The van der Waals surface area contributed by atoms with E-state index in [1.807, 2.05) is 0 Å². The molecule has 24 heavy (non-hydrogen) atoms. The third-order valence-electron chi connectivity index (χ3n) is 4.84. The summed E-state index contributed by atoms with van der Waals surface area (Å²) in [4.78, 5) is 2.37. The van der Waals surface area contributed by atoms with E-state index in [9.17, 15) is 9.50 Å². The average molecular weight is 338 g/mol. The Hall–Kier alpha value is -1.21. The Morgan fingerprint density at radius 3 is 2.71 bits per heavy atom. The van der Waals surface area contributed by atoms with Crippen LogP contribution in [0.25, 0.3) is 0 Å². The van der Waals surface area contributed by atoms with E-state index in [-0.39, 0.29) is 18.0 Å². The summed E-state index contributed by atoms with van der Waals surface area (Å²) in [5, 5.41) is 14.1. The number of hydrogen-bond acceptors (Lipinski definition) is 5. The van der Waals surface area contributed by atoms with E-state index < -0.39 is 6.10 Å². The number of nitrogens with one attached hydrogen (secondary N) is 1. The van der Waals surface area contributed by atoms with E-state index in [1.54, 1.807) is 12.1 Å². The maximum Gasteiger partial charge on any atom is 0.126 e. The number of aliphatic hydroxyl groups excluding tert-OH is 1. The van der Waals surface area contributed by atoms with Gasteiger partial charge in [-0.15, -0.1) is 0 Å². The second-order valence-electron chi connectivity index (χ2n) is 6.55. The second kappa shape index (κ2) is 8.76. The molecule has 0 unspecified atom stereocenters. The van der Waals surface area contributed by atoms with Gasteiger partial charge in [-0.05, 0) is 43.5 Å². The van der Waals surface area contributed by atoms with Crippen LogP contribution < -0.4 is 10.1 Å². The van der Waals surface area contributed by atoms with Crippen molar-refractivity contribution in [2.45, 2.75) is 37.5 Å². The third-order valence-corrected chi connectivity index (χ3v) is 4.84. The number of halogens is 1. The molecule has 6 heteroatoms. The number of morpholine rings is 1. The molecule has 5 nitrogen and oxygen atoms in total. The zero-order valence-electron chi connectivity index (χ0n) is 14.0. The fraction of sp³-hybridized carbons (Fsp3) is 0.667. The van der Waals surface area contributed by atoms with Crippen molar-refractivity contribution in [1.82, 2.24) is 10.2 Å². The van der Waals surface area contributed by atoms with E-state index in [0.29, 0.717) is 5.75 Å². The van der Waals surface area contributed by atoms with Crippen molar-refractivity contribution >= 4 is 0 Å². The minimum atomic E-state index is -0.548. The highest BCUT2D eigenvalue weighted by atomic mass is 19.1. The molecule has 2 aliphatic rings. The number of ether oxygens (including phenoxy) is 2. The monoisotopic (exact) mass is 338 g/mol. The first-order chi connectivity index (χ1) is 11.7. The molecule has 1 aromatic rings. The highest BCUT2D eigenvalue weighted by molar-refractivity contribution is 5.22. The largest absolute Gasteiger partial charge is 0.488 e. The standard InChI is InChI=1S/C18H27FN2O3/c19-14-4-6-15(7-5-14)24-17-3-1-2-16(18(17)22)20-8-9-21-10-12-23-13-11-21/h4-7,16-18,20,22H,1-3,8-13H2/t16-,17+,18+/m0/s1. The molecule has 1 aliphatic carbocycles. The molecular formula is C18H27FN2O3. The summed E-state index contributed by atoms with van der Waals surface area (Å²) in [6, 6.07) is 6.02. The first-order valence-corrected chi connectivity index (χ1v) is 8.86. The van der Waals surface area contributed by atoms with Crippen LogP contribution in [0.2, 0.25) is 0 Å². The molecule has 2 N–H and O–H groups in total. The van der Waals surface area contributed by atoms with Gasteiger partial charge in [-0.1, -0.05) is 0 Å². The first kappa shape index (κ1) is 17.6. The minimum Gasteiger partial charge on any atom is -0.488 e. The molecule has 0 radical (unpaired) electrons. The van der Waals surface area contributed by atoms with E-state index in [0.717, 1.165) is 58.7 Å². The highest BCUT2D eigenvalue weighted by Gasteiger charge is 2.33. The van der Waals surface area contributed by atoms with E-state index in [4.69, 9.17) is 9.47 Å². The van der Waals surface area contributed by atoms with Crippen molar-refractivity contribution in [3.8, 4) is 5.75 Å². The van der Waals surface area contributed by atoms with Crippen molar-refractivity contribution in [1.29, 1.82) is 0 Å². The molecule has 3 atom stereocenters. The minimum absolute atomic E-state index is 0.0465. The molecule has 0 bridgehead atoms. The molecule has 0 aromatic heterocycles. The quantitative estimate of drug-likeness (QED) is 0.821. The van der Waals surface area contributed by atoms with Gasteiger partial charge in [0.25, 0.3) is 0 Å². The molecule has 1 aliphatic heterocycles. The van der Waals surface area contributed by atoms with Gasteiger partial charge in [0.15, 0.2) is 0 Å². The Balaban J connectivity index is 1.45. The lowest BCUT2D eigenvalue weighted by molar-refractivity contribution is -0.0167. The van der Waals surface area contributed by atoms with E-state index in [2.05, 4.69) is 10.2 Å². The SMILES string of the molecule is O[C@@H]1[C@@H](NCCN2CCOCC2)CCC[C@H]1Oc1ccc(F)cc1. The van der Waals surface area contributed by atoms with Gasteiger partial charge >= 0.3 is 0 Å². The van der Waals surface area contributed by atoms with Crippen molar-refractivity contribution in [2.24, 2.45) is 0 Å². The fourth-order valence-electron chi connectivity index (χ4n) is 3.41. The zero-order chi connectivity index (χ0) is 16.8. The maximum atomic E-state index is 13.0. The fourth-order valence-corrected chi connectivity index (χ4v) is 3.41. The van der Waals surface area contributed by atoms with Crippen molar-refractivity contribution < 1.29 is 19.0 Å².